The number of carboxylic acids is 1. The van der Waals surface area contributed by atoms with E-state index >= 15 is 0 Å². The summed E-state index contributed by atoms with van der Waals surface area (Å²) in [5, 5.41) is 10.2. The van der Waals surface area contributed by atoms with Gasteiger partial charge in [0.2, 0.25) is 0 Å². The van der Waals surface area contributed by atoms with Crippen LogP contribution in [0.15, 0.2) is 18.2 Å². The molecule has 0 bridgehead atoms. The van der Waals surface area contributed by atoms with E-state index in [0.29, 0.717) is 22.0 Å². The largest absolute Gasteiger partial charge is 0.481 e. The number of rotatable bonds is 7. The van der Waals surface area contributed by atoms with E-state index in [9.17, 15) is 9.90 Å². The molecule has 0 radical (unpaired) electrons. The van der Waals surface area contributed by atoms with E-state index in [1.54, 1.807) is 18.2 Å². The Morgan fingerprint density at radius 3 is 2.33 bits per heavy atom. The second-order valence-corrected chi connectivity index (χ2v) is 5.19. The lowest BCUT2D eigenvalue weighted by atomic mass is 9.93. The zero-order valence-electron chi connectivity index (χ0n) is 10.5. The SMILES string of the molecule is CCCCCC[C@@H](C(=O)O)c1c(Cl)cccc1Cl. The van der Waals surface area contributed by atoms with E-state index in [0.717, 1.165) is 25.7 Å². The van der Waals surface area contributed by atoms with Crippen LogP contribution in [0.2, 0.25) is 10.0 Å². The van der Waals surface area contributed by atoms with Crippen molar-refractivity contribution in [2.24, 2.45) is 0 Å². The van der Waals surface area contributed by atoms with Gasteiger partial charge in [-0.3, -0.25) is 4.79 Å². The Kier molecular flexibility index (Phi) is 6.51. The molecule has 0 amide bonds. The zero-order valence-corrected chi connectivity index (χ0v) is 12.0. The van der Waals surface area contributed by atoms with E-state index in [1.807, 2.05) is 0 Å². The molecule has 100 valence electrons. The third kappa shape index (κ3) is 4.18. The summed E-state index contributed by atoms with van der Waals surface area (Å²) in [5.41, 5.74) is 0.546. The van der Waals surface area contributed by atoms with Gasteiger partial charge in [0.25, 0.3) is 0 Å². The normalized spacial score (nSPS) is 12.4. The van der Waals surface area contributed by atoms with Gasteiger partial charge in [-0.15, -0.1) is 0 Å². The molecule has 2 nitrogen and oxygen atoms in total. The van der Waals surface area contributed by atoms with Gasteiger partial charge >= 0.3 is 5.97 Å². The molecule has 0 heterocycles. The average molecular weight is 289 g/mol. The van der Waals surface area contributed by atoms with Gasteiger partial charge in [-0.1, -0.05) is 61.9 Å². The molecule has 1 N–H and O–H groups in total. The highest BCUT2D eigenvalue weighted by atomic mass is 35.5. The molecule has 1 atom stereocenters. The van der Waals surface area contributed by atoms with Crippen molar-refractivity contribution < 1.29 is 9.90 Å². The Labute approximate surface area is 118 Å². The molecule has 0 aliphatic heterocycles. The van der Waals surface area contributed by atoms with Crippen molar-refractivity contribution in [3.8, 4) is 0 Å². The monoisotopic (exact) mass is 288 g/mol. The van der Waals surface area contributed by atoms with E-state index in [1.165, 1.54) is 0 Å². The van der Waals surface area contributed by atoms with Gasteiger partial charge < -0.3 is 5.11 Å². The zero-order chi connectivity index (χ0) is 13.5. The molecule has 1 aromatic rings. The smallest absolute Gasteiger partial charge is 0.311 e. The molecule has 0 saturated carbocycles. The molecular formula is C14H18Cl2O2. The van der Waals surface area contributed by atoms with Crippen LogP contribution in [0.25, 0.3) is 0 Å². The Morgan fingerprint density at radius 2 is 1.83 bits per heavy atom. The van der Waals surface area contributed by atoms with Crippen molar-refractivity contribution in [3.63, 3.8) is 0 Å². The Morgan fingerprint density at radius 1 is 1.22 bits per heavy atom. The third-order valence-corrected chi connectivity index (χ3v) is 3.65. The van der Waals surface area contributed by atoms with E-state index < -0.39 is 11.9 Å². The van der Waals surface area contributed by atoms with Crippen LogP contribution in [0.5, 0.6) is 0 Å². The van der Waals surface area contributed by atoms with Crippen LogP contribution in [0, 0.1) is 0 Å². The fraction of sp³-hybridized carbons (Fsp3) is 0.500. The summed E-state index contributed by atoms with van der Waals surface area (Å²) in [4.78, 5) is 11.4. The fourth-order valence-electron chi connectivity index (χ4n) is 2.01. The predicted octanol–water partition coefficient (Wildman–Crippen LogP) is 5.13. The first-order chi connectivity index (χ1) is 8.57. The van der Waals surface area contributed by atoms with E-state index in [4.69, 9.17) is 23.2 Å². The minimum Gasteiger partial charge on any atom is -0.481 e. The topological polar surface area (TPSA) is 37.3 Å². The van der Waals surface area contributed by atoms with Gasteiger partial charge in [-0.2, -0.15) is 0 Å². The predicted molar refractivity (Wildman–Crippen MR) is 75.6 cm³/mol. The summed E-state index contributed by atoms with van der Waals surface area (Å²) in [6.07, 6.45) is 4.76. The van der Waals surface area contributed by atoms with Crippen molar-refractivity contribution >= 4 is 29.2 Å². The summed E-state index contributed by atoms with van der Waals surface area (Å²) in [7, 11) is 0. The maximum atomic E-state index is 11.4. The Bertz CT molecular complexity index is 385. The molecule has 0 aliphatic carbocycles. The quantitative estimate of drug-likeness (QED) is 0.706. The highest BCUT2D eigenvalue weighted by molar-refractivity contribution is 6.36. The maximum absolute atomic E-state index is 11.4. The van der Waals surface area contributed by atoms with Gasteiger partial charge in [0.1, 0.15) is 0 Å². The van der Waals surface area contributed by atoms with Gasteiger partial charge in [0, 0.05) is 15.6 Å². The lowest BCUT2D eigenvalue weighted by Crippen LogP contribution is -2.12. The lowest BCUT2D eigenvalue weighted by molar-refractivity contribution is -0.139. The molecule has 1 rings (SSSR count). The van der Waals surface area contributed by atoms with Gasteiger partial charge in [-0.05, 0) is 18.6 Å². The summed E-state index contributed by atoms with van der Waals surface area (Å²) in [5.74, 6) is -1.47. The van der Waals surface area contributed by atoms with Crippen molar-refractivity contribution in [2.75, 3.05) is 0 Å². The number of carboxylic acid groups (broad SMARTS) is 1. The number of aliphatic carboxylic acids is 1. The van der Waals surface area contributed by atoms with Crippen LogP contribution in [0.4, 0.5) is 0 Å². The molecule has 0 aromatic heterocycles. The van der Waals surface area contributed by atoms with Crippen LogP contribution >= 0.6 is 23.2 Å². The second kappa shape index (κ2) is 7.65. The minimum atomic E-state index is -0.860. The lowest BCUT2D eigenvalue weighted by Gasteiger charge is -2.15. The van der Waals surface area contributed by atoms with Crippen LogP contribution in [-0.2, 0) is 4.79 Å². The molecule has 0 fully saturated rings. The highest BCUT2D eigenvalue weighted by Gasteiger charge is 2.24. The third-order valence-electron chi connectivity index (χ3n) is 2.99. The molecule has 0 aliphatic rings. The second-order valence-electron chi connectivity index (χ2n) is 4.38. The average Bonchev–Trinajstić information content (AvgIpc) is 2.31. The first kappa shape index (κ1) is 15.3. The van der Waals surface area contributed by atoms with Crippen LogP contribution in [0.1, 0.15) is 50.5 Å². The van der Waals surface area contributed by atoms with Crippen molar-refractivity contribution in [1.82, 2.24) is 0 Å². The van der Waals surface area contributed by atoms with Crippen molar-refractivity contribution in [2.45, 2.75) is 44.9 Å². The Balaban J connectivity index is 2.81. The maximum Gasteiger partial charge on any atom is 0.311 e. The first-order valence-electron chi connectivity index (χ1n) is 6.24. The van der Waals surface area contributed by atoms with Crippen LogP contribution in [-0.4, -0.2) is 11.1 Å². The summed E-state index contributed by atoms with van der Waals surface area (Å²) in [6.45, 7) is 2.12. The first-order valence-corrected chi connectivity index (χ1v) is 7.00. The van der Waals surface area contributed by atoms with Crippen molar-refractivity contribution in [1.29, 1.82) is 0 Å². The van der Waals surface area contributed by atoms with Gasteiger partial charge in [0.15, 0.2) is 0 Å². The number of benzene rings is 1. The highest BCUT2D eigenvalue weighted by Crippen LogP contribution is 2.34. The van der Waals surface area contributed by atoms with Gasteiger partial charge in [0.05, 0.1) is 5.92 Å². The van der Waals surface area contributed by atoms with Gasteiger partial charge in [-0.25, -0.2) is 0 Å². The molecule has 1 aromatic carbocycles. The molecule has 4 heteroatoms. The summed E-state index contributed by atoms with van der Waals surface area (Å²) in [6, 6.07) is 5.10. The van der Waals surface area contributed by atoms with Crippen LogP contribution in [0.3, 0.4) is 0 Å². The Hall–Kier alpha value is -0.730. The molecular weight excluding hydrogens is 271 g/mol. The molecule has 0 spiro atoms. The van der Waals surface area contributed by atoms with Crippen LogP contribution < -0.4 is 0 Å². The fourth-order valence-corrected chi connectivity index (χ4v) is 2.67. The standard InChI is InChI=1S/C14H18Cl2O2/c1-2-3-4-5-7-10(14(17)18)13-11(15)8-6-9-12(13)16/h6,8-10H,2-5,7H2,1H3,(H,17,18)/t10-/m1/s1. The number of unbranched alkanes of at least 4 members (excludes halogenated alkanes) is 3. The van der Waals surface area contributed by atoms with E-state index in [-0.39, 0.29) is 0 Å². The molecule has 0 saturated heterocycles. The van der Waals surface area contributed by atoms with E-state index in [2.05, 4.69) is 6.92 Å². The molecule has 0 unspecified atom stereocenters. The number of halogens is 2. The number of carbonyl (C=O) groups is 1. The summed E-state index contributed by atoms with van der Waals surface area (Å²) < 4.78 is 0. The molecule has 18 heavy (non-hydrogen) atoms. The summed E-state index contributed by atoms with van der Waals surface area (Å²) >= 11 is 12.1. The number of hydrogen-bond donors (Lipinski definition) is 1. The number of hydrogen-bond acceptors (Lipinski definition) is 1. The minimum absolute atomic E-state index is 0.436. The van der Waals surface area contributed by atoms with Crippen molar-refractivity contribution in [3.05, 3.63) is 33.8 Å².